The Bertz CT molecular complexity index is 808. The van der Waals surface area contributed by atoms with Gasteiger partial charge in [-0.05, 0) is 36.7 Å². The van der Waals surface area contributed by atoms with Crippen LogP contribution < -0.4 is 0 Å². The maximum Gasteiger partial charge on any atom is 0.451 e. The molecule has 0 heterocycles. The molecule has 182 valence electrons. The molecule has 0 radical (unpaired) electrons. The molecule has 9 nitrogen and oxygen atoms in total. The monoisotopic (exact) mass is 461 g/mol. The Morgan fingerprint density at radius 1 is 1.12 bits per heavy atom. The fraction of sp³-hybridized carbons (Fsp3) is 0.583. The summed E-state index contributed by atoms with van der Waals surface area (Å²) >= 11 is 0. The van der Waals surface area contributed by atoms with E-state index in [1.807, 2.05) is 44.2 Å². The van der Waals surface area contributed by atoms with Gasteiger partial charge in [0.2, 0.25) is 5.96 Å². The predicted octanol–water partition coefficient (Wildman–Crippen LogP) is 4.07. The van der Waals surface area contributed by atoms with E-state index in [1.54, 1.807) is 0 Å². The molecule has 0 aliphatic heterocycles. The second kappa shape index (κ2) is 12.8. The quantitative estimate of drug-likeness (QED) is 0.340. The first kappa shape index (κ1) is 26.2. The topological polar surface area (TPSA) is 120 Å². The highest BCUT2D eigenvalue weighted by Crippen LogP contribution is 2.29. The van der Waals surface area contributed by atoms with Crippen LogP contribution in [0.1, 0.15) is 57.9 Å². The number of rotatable bonds is 8. The second-order valence-corrected chi connectivity index (χ2v) is 8.83. The van der Waals surface area contributed by atoms with Crippen molar-refractivity contribution in [3.8, 4) is 0 Å². The van der Waals surface area contributed by atoms with Crippen molar-refractivity contribution in [2.75, 3.05) is 13.7 Å². The summed E-state index contributed by atoms with van der Waals surface area (Å²) in [4.78, 5) is 43.6. The number of likely N-dealkylation sites (N-methyl/N-ethyl adjacent to an activating group) is 1. The van der Waals surface area contributed by atoms with Crippen LogP contribution in [0.2, 0.25) is 0 Å². The standard InChI is InChI=1S/C24H35N3O6/c1-17(2)16-32-24(31)27(33-20(28)15-14-18-10-6-4-7-11-18)23(25)26(3)21(22(29)30)19-12-8-5-9-13-19/h4,6-7,10-11,17,19,21,25H,5,8-9,12-16H2,1-3H3,(H,29,30). The SMILES string of the molecule is CC(C)COC(=O)N(OC(=O)CCc1ccccc1)C(=N)N(C)C(C(=O)O)C1CCCCC1. The third kappa shape index (κ3) is 8.07. The van der Waals surface area contributed by atoms with Crippen molar-refractivity contribution < 1.29 is 29.1 Å². The maximum atomic E-state index is 12.7. The number of ether oxygens (including phenoxy) is 1. The van der Waals surface area contributed by atoms with E-state index in [9.17, 15) is 19.5 Å². The molecule has 1 unspecified atom stereocenters. The number of hydroxylamine groups is 2. The third-order valence-corrected chi connectivity index (χ3v) is 5.65. The van der Waals surface area contributed by atoms with Crippen LogP contribution in [0.4, 0.5) is 4.79 Å². The van der Waals surface area contributed by atoms with Gasteiger partial charge >= 0.3 is 18.0 Å². The molecule has 1 fully saturated rings. The minimum Gasteiger partial charge on any atom is -0.480 e. The number of nitrogens with zero attached hydrogens (tertiary/aromatic N) is 2. The zero-order chi connectivity index (χ0) is 24.4. The lowest BCUT2D eigenvalue weighted by molar-refractivity contribution is -0.170. The van der Waals surface area contributed by atoms with Crippen LogP contribution in [0.25, 0.3) is 0 Å². The number of carbonyl (C=O) groups excluding carboxylic acids is 2. The van der Waals surface area contributed by atoms with Crippen LogP contribution in [0, 0.1) is 17.2 Å². The number of hydrogen-bond donors (Lipinski definition) is 2. The summed E-state index contributed by atoms with van der Waals surface area (Å²) in [7, 11) is 1.43. The Balaban J connectivity index is 2.14. The molecule has 1 saturated carbocycles. The van der Waals surface area contributed by atoms with E-state index >= 15 is 0 Å². The van der Waals surface area contributed by atoms with Gasteiger partial charge in [-0.15, -0.1) is 0 Å². The number of carboxylic acid groups (broad SMARTS) is 1. The van der Waals surface area contributed by atoms with Gasteiger partial charge in [0, 0.05) is 7.05 Å². The highest BCUT2D eigenvalue weighted by Gasteiger charge is 2.38. The summed E-state index contributed by atoms with van der Waals surface area (Å²) in [5.74, 6) is -2.48. The van der Waals surface area contributed by atoms with Crippen molar-refractivity contribution in [2.45, 2.75) is 64.8 Å². The van der Waals surface area contributed by atoms with Crippen molar-refractivity contribution in [3.05, 3.63) is 35.9 Å². The van der Waals surface area contributed by atoms with Gasteiger partial charge in [0.15, 0.2) is 0 Å². The van der Waals surface area contributed by atoms with Crippen LogP contribution in [-0.4, -0.2) is 58.8 Å². The highest BCUT2D eigenvalue weighted by atomic mass is 16.8. The lowest BCUT2D eigenvalue weighted by atomic mass is 9.83. The van der Waals surface area contributed by atoms with Gasteiger partial charge in [0.05, 0.1) is 13.0 Å². The van der Waals surface area contributed by atoms with Crippen LogP contribution >= 0.6 is 0 Å². The van der Waals surface area contributed by atoms with E-state index < -0.39 is 30.0 Å². The van der Waals surface area contributed by atoms with E-state index in [2.05, 4.69) is 0 Å². The van der Waals surface area contributed by atoms with Gasteiger partial charge in [-0.1, -0.05) is 68.5 Å². The van der Waals surface area contributed by atoms with Crippen LogP contribution in [0.15, 0.2) is 30.3 Å². The van der Waals surface area contributed by atoms with E-state index in [4.69, 9.17) is 15.0 Å². The number of aryl methyl sites for hydroxylation is 1. The van der Waals surface area contributed by atoms with Gasteiger partial charge in [-0.3, -0.25) is 5.41 Å². The number of guanidine groups is 1. The fourth-order valence-electron chi connectivity index (χ4n) is 3.91. The predicted molar refractivity (Wildman–Crippen MR) is 122 cm³/mol. The molecule has 2 rings (SSSR count). The summed E-state index contributed by atoms with van der Waals surface area (Å²) in [6, 6.07) is 8.33. The van der Waals surface area contributed by atoms with E-state index in [0.29, 0.717) is 11.5 Å². The number of aliphatic carboxylic acids is 1. The minimum absolute atomic E-state index is 0.0139. The molecule has 1 amide bonds. The molecule has 0 spiro atoms. The Kier molecular flexibility index (Phi) is 10.2. The first-order chi connectivity index (χ1) is 15.7. The fourth-order valence-corrected chi connectivity index (χ4v) is 3.91. The number of hydrogen-bond acceptors (Lipinski definition) is 6. The van der Waals surface area contributed by atoms with Crippen LogP contribution in [-0.2, 0) is 25.6 Å². The van der Waals surface area contributed by atoms with Crippen molar-refractivity contribution in [1.29, 1.82) is 5.41 Å². The van der Waals surface area contributed by atoms with E-state index in [0.717, 1.165) is 37.7 Å². The van der Waals surface area contributed by atoms with Crippen LogP contribution in [0.5, 0.6) is 0 Å². The number of amides is 1. The average Bonchev–Trinajstić information content (AvgIpc) is 2.80. The molecule has 0 aromatic heterocycles. The van der Waals surface area contributed by atoms with Crippen molar-refractivity contribution in [2.24, 2.45) is 11.8 Å². The van der Waals surface area contributed by atoms with Crippen molar-refractivity contribution in [1.82, 2.24) is 9.96 Å². The summed E-state index contributed by atoms with van der Waals surface area (Å²) in [5.41, 5.74) is 0.929. The van der Waals surface area contributed by atoms with Crippen LogP contribution in [0.3, 0.4) is 0 Å². The lowest BCUT2D eigenvalue weighted by Crippen LogP contribution is -2.54. The summed E-state index contributed by atoms with van der Waals surface area (Å²) in [6.45, 7) is 3.77. The molecule has 1 atom stereocenters. The average molecular weight is 462 g/mol. The normalized spacial score (nSPS) is 14.9. The molecule has 1 aromatic rings. The second-order valence-electron chi connectivity index (χ2n) is 8.83. The summed E-state index contributed by atoms with van der Waals surface area (Å²) in [6.07, 6.45) is 3.70. The molecule has 33 heavy (non-hydrogen) atoms. The lowest BCUT2D eigenvalue weighted by Gasteiger charge is -2.36. The zero-order valence-electron chi connectivity index (χ0n) is 19.7. The Morgan fingerprint density at radius 2 is 1.76 bits per heavy atom. The van der Waals surface area contributed by atoms with Gasteiger partial charge in [-0.2, -0.15) is 0 Å². The molecule has 1 aliphatic carbocycles. The Morgan fingerprint density at radius 3 is 2.33 bits per heavy atom. The zero-order valence-corrected chi connectivity index (χ0v) is 19.7. The molecule has 1 aromatic carbocycles. The summed E-state index contributed by atoms with van der Waals surface area (Å²) < 4.78 is 5.18. The number of carbonyl (C=O) groups is 3. The Hall–Kier alpha value is -3.10. The molecule has 9 heteroatoms. The number of carboxylic acids is 1. The third-order valence-electron chi connectivity index (χ3n) is 5.65. The smallest absolute Gasteiger partial charge is 0.451 e. The molecule has 0 bridgehead atoms. The summed E-state index contributed by atoms with van der Waals surface area (Å²) in [5, 5.41) is 18.8. The molecular weight excluding hydrogens is 426 g/mol. The minimum atomic E-state index is -1.08. The van der Waals surface area contributed by atoms with Gasteiger partial charge in [-0.25, -0.2) is 14.4 Å². The maximum absolute atomic E-state index is 12.7. The highest BCUT2D eigenvalue weighted by molar-refractivity contribution is 5.94. The first-order valence-electron chi connectivity index (χ1n) is 11.5. The molecular formula is C24H35N3O6. The van der Waals surface area contributed by atoms with Gasteiger partial charge in [0.25, 0.3) is 0 Å². The molecule has 1 aliphatic rings. The molecule has 0 saturated heterocycles. The van der Waals surface area contributed by atoms with Gasteiger partial charge in [0.1, 0.15) is 6.04 Å². The molecule has 2 N–H and O–H groups in total. The van der Waals surface area contributed by atoms with Crippen molar-refractivity contribution >= 4 is 24.0 Å². The largest absolute Gasteiger partial charge is 0.480 e. The number of nitrogens with one attached hydrogen (secondary N) is 1. The van der Waals surface area contributed by atoms with E-state index in [-0.39, 0.29) is 24.9 Å². The number of benzene rings is 1. The first-order valence-corrected chi connectivity index (χ1v) is 11.5. The van der Waals surface area contributed by atoms with Crippen molar-refractivity contribution in [3.63, 3.8) is 0 Å². The van der Waals surface area contributed by atoms with E-state index in [1.165, 1.54) is 11.9 Å². The Labute approximate surface area is 195 Å². The van der Waals surface area contributed by atoms with Gasteiger partial charge < -0.3 is 19.6 Å².